The molecule has 2 aromatic rings. The maximum absolute atomic E-state index is 11.1. The van der Waals surface area contributed by atoms with Gasteiger partial charge in [-0.1, -0.05) is 40.2 Å². The van der Waals surface area contributed by atoms with E-state index in [4.69, 9.17) is 9.84 Å². The summed E-state index contributed by atoms with van der Waals surface area (Å²) in [6, 6.07) is 8.52. The van der Waals surface area contributed by atoms with Crippen molar-refractivity contribution in [2.45, 2.75) is 84.8 Å². The normalized spacial score (nSPS) is 16.6. The fraction of sp³-hybridized carbons (Fsp3) is 0.630. The molecule has 1 aliphatic rings. The Morgan fingerprint density at radius 3 is 2.70 bits per heavy atom. The molecule has 0 aliphatic carbocycles. The fourth-order valence-electron chi connectivity index (χ4n) is 4.65. The standard InChI is InChI=1S/C27H41N3O3/c1-5-6-9-20-18-21-10-7-14-28-25(21)23(19-20)33-22-12-16-30(17-13-22)15-8-11-24(27(2,3)4)29-26(31)32/h7,10,14,18-19,22,24,29H,5-6,8-9,11-13,15-17H2,1-4H3,(H,31,32). The third-order valence-electron chi connectivity index (χ3n) is 6.69. The SMILES string of the molecule is CCCCc1cc(OC2CCN(CCCC(NC(=O)O)C(C)(C)C)CC2)c2ncccc2c1. The molecule has 1 atom stereocenters. The molecule has 1 saturated heterocycles. The Bertz CT molecular complexity index is 901. The highest BCUT2D eigenvalue weighted by Gasteiger charge is 2.27. The number of nitrogens with one attached hydrogen (secondary N) is 1. The molecule has 6 nitrogen and oxygen atoms in total. The summed E-state index contributed by atoms with van der Waals surface area (Å²) in [5.41, 5.74) is 2.20. The number of nitrogens with zero attached hydrogens (tertiary/aromatic N) is 2. The minimum absolute atomic E-state index is 0.0309. The number of fused-ring (bicyclic) bond motifs is 1. The molecule has 2 heterocycles. The third-order valence-corrected chi connectivity index (χ3v) is 6.69. The first-order valence-corrected chi connectivity index (χ1v) is 12.5. The molecule has 1 aromatic heterocycles. The van der Waals surface area contributed by atoms with E-state index in [1.54, 1.807) is 0 Å². The summed E-state index contributed by atoms with van der Waals surface area (Å²) in [4.78, 5) is 18.2. The van der Waals surface area contributed by atoms with E-state index in [2.05, 4.69) is 61.1 Å². The Hall–Kier alpha value is -2.34. The molecule has 0 saturated carbocycles. The van der Waals surface area contributed by atoms with Crippen molar-refractivity contribution in [2.75, 3.05) is 19.6 Å². The second-order valence-corrected chi connectivity index (χ2v) is 10.4. The van der Waals surface area contributed by atoms with Crippen LogP contribution in [0.4, 0.5) is 4.79 Å². The van der Waals surface area contributed by atoms with Gasteiger partial charge in [-0.25, -0.2) is 4.79 Å². The van der Waals surface area contributed by atoms with Crippen LogP contribution in [0.1, 0.15) is 71.8 Å². The minimum atomic E-state index is -0.936. The topological polar surface area (TPSA) is 74.7 Å². The predicted octanol–water partition coefficient (Wildman–Crippen LogP) is 5.88. The maximum atomic E-state index is 11.1. The minimum Gasteiger partial charge on any atom is -0.488 e. The molecule has 0 bridgehead atoms. The Morgan fingerprint density at radius 1 is 1.27 bits per heavy atom. The van der Waals surface area contributed by atoms with Crippen LogP contribution in [0, 0.1) is 5.41 Å². The average Bonchev–Trinajstić information content (AvgIpc) is 2.77. The summed E-state index contributed by atoms with van der Waals surface area (Å²) in [7, 11) is 0. The van der Waals surface area contributed by atoms with E-state index in [1.165, 1.54) is 18.4 Å². The Kier molecular flexibility index (Phi) is 8.95. The second-order valence-electron chi connectivity index (χ2n) is 10.4. The molecule has 0 spiro atoms. The molecule has 1 aliphatic heterocycles. The number of likely N-dealkylation sites (tertiary alicyclic amines) is 1. The second kappa shape index (κ2) is 11.7. The van der Waals surface area contributed by atoms with Gasteiger partial charge in [-0.15, -0.1) is 0 Å². The molecule has 33 heavy (non-hydrogen) atoms. The van der Waals surface area contributed by atoms with Gasteiger partial charge in [0.1, 0.15) is 17.4 Å². The first-order valence-electron chi connectivity index (χ1n) is 12.5. The highest BCUT2D eigenvalue weighted by atomic mass is 16.5. The molecule has 0 radical (unpaired) electrons. The van der Waals surface area contributed by atoms with Gasteiger partial charge in [0.25, 0.3) is 0 Å². The Balaban J connectivity index is 1.52. The van der Waals surface area contributed by atoms with Crippen molar-refractivity contribution in [3.05, 3.63) is 36.0 Å². The maximum Gasteiger partial charge on any atom is 0.404 e. The summed E-state index contributed by atoms with van der Waals surface area (Å²) in [6.07, 6.45) is 8.40. The lowest BCUT2D eigenvalue weighted by Gasteiger charge is -2.34. The molecule has 1 amide bonds. The van der Waals surface area contributed by atoms with Crippen LogP contribution in [0.5, 0.6) is 5.75 Å². The number of aryl methyl sites for hydroxylation is 1. The number of hydrogen-bond donors (Lipinski definition) is 2. The Labute approximate surface area is 198 Å². The first-order chi connectivity index (χ1) is 15.8. The fourth-order valence-corrected chi connectivity index (χ4v) is 4.65. The van der Waals surface area contributed by atoms with E-state index in [1.807, 2.05) is 12.3 Å². The summed E-state index contributed by atoms with van der Waals surface area (Å²) >= 11 is 0. The average molecular weight is 456 g/mol. The van der Waals surface area contributed by atoms with E-state index in [9.17, 15) is 4.79 Å². The van der Waals surface area contributed by atoms with Crippen LogP contribution in [-0.4, -0.2) is 52.9 Å². The highest BCUT2D eigenvalue weighted by molar-refractivity contribution is 5.85. The lowest BCUT2D eigenvalue weighted by Crippen LogP contribution is -2.44. The number of pyridine rings is 1. The number of piperidine rings is 1. The molecule has 182 valence electrons. The van der Waals surface area contributed by atoms with Crippen molar-refractivity contribution >= 4 is 17.0 Å². The van der Waals surface area contributed by atoms with Crippen molar-refractivity contribution in [1.82, 2.24) is 15.2 Å². The van der Waals surface area contributed by atoms with Gasteiger partial charge in [-0.3, -0.25) is 4.98 Å². The van der Waals surface area contributed by atoms with Gasteiger partial charge in [0.05, 0.1) is 0 Å². The number of rotatable bonds is 10. The van der Waals surface area contributed by atoms with Crippen LogP contribution < -0.4 is 10.1 Å². The molecule has 2 N–H and O–H groups in total. The van der Waals surface area contributed by atoms with Gasteiger partial charge in [0.2, 0.25) is 0 Å². The number of ether oxygens (including phenoxy) is 1. The van der Waals surface area contributed by atoms with Crippen LogP contribution >= 0.6 is 0 Å². The highest BCUT2D eigenvalue weighted by Crippen LogP contribution is 2.29. The molecule has 3 rings (SSSR count). The van der Waals surface area contributed by atoms with Crippen molar-refractivity contribution in [2.24, 2.45) is 5.41 Å². The van der Waals surface area contributed by atoms with Crippen molar-refractivity contribution in [3.8, 4) is 5.75 Å². The zero-order valence-corrected chi connectivity index (χ0v) is 20.8. The summed E-state index contributed by atoms with van der Waals surface area (Å²) in [5.74, 6) is 0.922. The lowest BCUT2D eigenvalue weighted by molar-refractivity contribution is 0.0986. The molecule has 1 aromatic carbocycles. The molecular weight excluding hydrogens is 414 g/mol. The van der Waals surface area contributed by atoms with Gasteiger partial charge in [-0.2, -0.15) is 0 Å². The number of carbonyl (C=O) groups is 1. The summed E-state index contributed by atoms with van der Waals surface area (Å²) in [5, 5.41) is 13.0. The van der Waals surface area contributed by atoms with E-state index in [-0.39, 0.29) is 17.6 Å². The van der Waals surface area contributed by atoms with Gasteiger partial charge < -0.3 is 20.1 Å². The van der Waals surface area contributed by atoms with Crippen molar-refractivity contribution < 1.29 is 14.6 Å². The molecular formula is C27H41N3O3. The van der Waals surface area contributed by atoms with E-state index < -0.39 is 6.09 Å². The third kappa shape index (κ3) is 7.60. The summed E-state index contributed by atoms with van der Waals surface area (Å²) < 4.78 is 6.50. The number of benzene rings is 1. The monoisotopic (exact) mass is 455 g/mol. The predicted molar refractivity (Wildman–Crippen MR) is 134 cm³/mol. The zero-order valence-electron chi connectivity index (χ0n) is 20.8. The number of carboxylic acid groups (broad SMARTS) is 1. The summed E-state index contributed by atoms with van der Waals surface area (Å²) in [6.45, 7) is 11.5. The van der Waals surface area contributed by atoms with Gasteiger partial charge in [-0.05, 0) is 74.2 Å². The first kappa shape index (κ1) is 25.3. The Morgan fingerprint density at radius 2 is 2.03 bits per heavy atom. The number of amides is 1. The van der Waals surface area contributed by atoms with Crippen LogP contribution in [0.2, 0.25) is 0 Å². The van der Waals surface area contributed by atoms with Crippen LogP contribution in [-0.2, 0) is 6.42 Å². The van der Waals surface area contributed by atoms with Gasteiger partial charge in [0.15, 0.2) is 0 Å². The van der Waals surface area contributed by atoms with E-state index in [0.29, 0.717) is 0 Å². The molecule has 1 unspecified atom stereocenters. The lowest BCUT2D eigenvalue weighted by atomic mass is 9.84. The molecule has 1 fully saturated rings. The van der Waals surface area contributed by atoms with E-state index in [0.717, 1.165) is 68.4 Å². The largest absolute Gasteiger partial charge is 0.488 e. The van der Waals surface area contributed by atoms with Crippen molar-refractivity contribution in [3.63, 3.8) is 0 Å². The van der Waals surface area contributed by atoms with Crippen molar-refractivity contribution in [1.29, 1.82) is 0 Å². The smallest absolute Gasteiger partial charge is 0.404 e. The number of hydrogen-bond acceptors (Lipinski definition) is 4. The number of unbranched alkanes of at least 4 members (excludes halogenated alkanes) is 1. The van der Waals surface area contributed by atoms with Gasteiger partial charge in [0, 0.05) is 30.7 Å². The molecule has 6 heteroatoms. The van der Waals surface area contributed by atoms with Crippen LogP contribution in [0.3, 0.4) is 0 Å². The number of aromatic nitrogens is 1. The quantitative estimate of drug-likeness (QED) is 0.468. The van der Waals surface area contributed by atoms with Crippen LogP contribution in [0.25, 0.3) is 10.9 Å². The van der Waals surface area contributed by atoms with Gasteiger partial charge >= 0.3 is 6.09 Å². The zero-order chi connectivity index (χ0) is 23.8. The van der Waals surface area contributed by atoms with Crippen LogP contribution in [0.15, 0.2) is 30.5 Å². The van der Waals surface area contributed by atoms with E-state index >= 15 is 0 Å².